The van der Waals surface area contributed by atoms with Crippen LogP contribution in [0, 0.1) is 11.7 Å². The Kier molecular flexibility index (Phi) is 19.3. The highest BCUT2D eigenvalue weighted by Crippen LogP contribution is 2.29. The van der Waals surface area contributed by atoms with E-state index in [0.29, 0.717) is 28.2 Å². The van der Waals surface area contributed by atoms with E-state index in [-0.39, 0.29) is 25.0 Å². The first-order chi connectivity index (χ1) is 30.5. The quantitative estimate of drug-likeness (QED) is 0.112. The molecule has 0 aromatic heterocycles. The predicted octanol–water partition coefficient (Wildman–Crippen LogP) is 4.12. The Bertz CT molecular complexity index is 2160. The first-order valence-corrected chi connectivity index (χ1v) is 21.0. The minimum Gasteiger partial charge on any atom is -0.494 e. The van der Waals surface area contributed by atoms with Gasteiger partial charge in [-0.1, -0.05) is 42.5 Å². The first-order valence-electron chi connectivity index (χ1n) is 21.0. The molecule has 18 heteroatoms. The van der Waals surface area contributed by atoms with E-state index in [1.165, 1.54) is 73.2 Å². The van der Waals surface area contributed by atoms with E-state index in [0.717, 1.165) is 11.0 Å². The number of nitrogens with one attached hydrogen (secondary N) is 3. The maximum absolute atomic E-state index is 14.9. The van der Waals surface area contributed by atoms with Crippen molar-refractivity contribution in [2.24, 2.45) is 5.92 Å². The average molecular weight is 908 g/mol. The summed E-state index contributed by atoms with van der Waals surface area (Å²) in [6, 6.07) is 11.6. The predicted molar refractivity (Wildman–Crippen MR) is 238 cm³/mol. The lowest BCUT2D eigenvalue weighted by molar-refractivity contribution is -0.146. The number of alkyl carbamates (subject to hydrolysis) is 1. The van der Waals surface area contributed by atoms with Crippen molar-refractivity contribution >= 4 is 41.5 Å². The van der Waals surface area contributed by atoms with E-state index in [9.17, 15) is 43.1 Å². The molecule has 65 heavy (non-hydrogen) atoms. The van der Waals surface area contributed by atoms with Gasteiger partial charge in [0.25, 0.3) is 0 Å². The number of halogens is 1. The van der Waals surface area contributed by atoms with Crippen LogP contribution in [0.1, 0.15) is 64.7 Å². The standard InChI is InChI=1S/C47H62FN5O12/c1-27(51-46(61)65-47(4,5)6)41(55)49-28(2)44(58)53(8)36(24-32-17-19-38(62-9)34(48)22-32)42(56)50-29(3)43(57)52(7)35(23-30-15-13-12-14-16-30)37(54)26-33(45(59)60)21-31-18-20-39(63-10)40(25-31)64-11/h12-20,22,25,27-29,33,35-36H,21,23-24,26H2,1-11H3,(H,49,55)(H,50,56)(H,51,61)(H,59,60)/t27-,28+,29+,33-,35+,36+/m1/s1. The van der Waals surface area contributed by atoms with Crippen LogP contribution in [0.2, 0.25) is 0 Å². The van der Waals surface area contributed by atoms with Crippen molar-refractivity contribution in [2.75, 3.05) is 35.4 Å². The zero-order valence-corrected chi connectivity index (χ0v) is 38.9. The number of hydrogen-bond donors (Lipinski definition) is 4. The largest absolute Gasteiger partial charge is 0.494 e. The van der Waals surface area contributed by atoms with Crippen LogP contribution in [-0.2, 0) is 52.8 Å². The Morgan fingerprint density at radius 1 is 0.631 bits per heavy atom. The molecule has 6 atom stereocenters. The number of nitrogens with zero attached hydrogens (tertiary/aromatic N) is 2. The van der Waals surface area contributed by atoms with Gasteiger partial charge in [0.2, 0.25) is 23.6 Å². The van der Waals surface area contributed by atoms with Gasteiger partial charge >= 0.3 is 12.1 Å². The van der Waals surface area contributed by atoms with Crippen molar-refractivity contribution in [1.82, 2.24) is 25.8 Å². The molecule has 0 fully saturated rings. The normalized spacial score (nSPS) is 13.9. The number of carbonyl (C=O) groups excluding carboxylic acids is 6. The monoisotopic (exact) mass is 907 g/mol. The molecule has 0 spiro atoms. The zero-order valence-electron chi connectivity index (χ0n) is 38.9. The number of methoxy groups -OCH3 is 3. The highest BCUT2D eigenvalue weighted by Gasteiger charge is 2.36. The third kappa shape index (κ3) is 15.5. The lowest BCUT2D eigenvalue weighted by atomic mass is 9.89. The summed E-state index contributed by atoms with van der Waals surface area (Å²) in [6.45, 7) is 9.14. The number of carboxylic acid groups (broad SMARTS) is 1. The Balaban J connectivity index is 1.88. The van der Waals surface area contributed by atoms with E-state index >= 15 is 0 Å². The summed E-state index contributed by atoms with van der Waals surface area (Å²) in [6.07, 6.45) is -1.52. The van der Waals surface area contributed by atoms with Crippen molar-refractivity contribution < 1.29 is 62.0 Å². The number of rotatable bonds is 22. The van der Waals surface area contributed by atoms with Crippen molar-refractivity contribution in [3.05, 3.63) is 89.2 Å². The van der Waals surface area contributed by atoms with Gasteiger partial charge in [-0.05, 0) is 95.3 Å². The summed E-state index contributed by atoms with van der Waals surface area (Å²) < 4.78 is 35.8. The molecule has 0 unspecified atom stereocenters. The first kappa shape index (κ1) is 52.6. The molecule has 3 rings (SSSR count). The number of amides is 5. The molecule has 0 heterocycles. The smallest absolute Gasteiger partial charge is 0.408 e. The number of carbonyl (C=O) groups is 7. The highest BCUT2D eigenvalue weighted by molar-refractivity contribution is 5.96. The highest BCUT2D eigenvalue weighted by atomic mass is 19.1. The molecular weight excluding hydrogens is 846 g/mol. The van der Waals surface area contributed by atoms with Gasteiger partial charge in [0.1, 0.15) is 29.8 Å². The van der Waals surface area contributed by atoms with E-state index in [1.807, 2.05) is 0 Å². The molecule has 0 saturated carbocycles. The summed E-state index contributed by atoms with van der Waals surface area (Å²) >= 11 is 0. The second-order valence-electron chi connectivity index (χ2n) is 16.7. The van der Waals surface area contributed by atoms with E-state index < -0.39 is 95.4 Å². The Morgan fingerprint density at radius 2 is 1.14 bits per heavy atom. The molecule has 0 aliphatic rings. The number of carboxylic acids is 1. The molecule has 4 N–H and O–H groups in total. The van der Waals surface area contributed by atoms with Crippen molar-refractivity contribution in [3.63, 3.8) is 0 Å². The molecule has 3 aromatic carbocycles. The maximum Gasteiger partial charge on any atom is 0.408 e. The van der Waals surface area contributed by atoms with Gasteiger partial charge in [0, 0.05) is 26.9 Å². The van der Waals surface area contributed by atoms with Crippen molar-refractivity contribution in [3.8, 4) is 17.2 Å². The van der Waals surface area contributed by atoms with Crippen molar-refractivity contribution in [1.29, 1.82) is 0 Å². The third-order valence-electron chi connectivity index (χ3n) is 10.5. The molecule has 0 bridgehead atoms. The minimum atomic E-state index is -1.37. The van der Waals surface area contributed by atoms with Crippen LogP contribution in [0.4, 0.5) is 9.18 Å². The second kappa shape index (κ2) is 23.8. The fourth-order valence-corrected chi connectivity index (χ4v) is 6.93. The number of ketones is 1. The van der Waals surface area contributed by atoms with Gasteiger partial charge in [-0.15, -0.1) is 0 Å². The number of hydrogen-bond acceptors (Lipinski definition) is 11. The van der Waals surface area contributed by atoms with Gasteiger partial charge in [0.05, 0.1) is 33.3 Å². The van der Waals surface area contributed by atoms with Gasteiger partial charge in [-0.3, -0.25) is 28.8 Å². The van der Waals surface area contributed by atoms with Gasteiger partial charge in [-0.2, -0.15) is 0 Å². The third-order valence-corrected chi connectivity index (χ3v) is 10.5. The number of benzene rings is 3. The van der Waals surface area contributed by atoms with Gasteiger partial charge in [0.15, 0.2) is 28.8 Å². The Morgan fingerprint density at radius 3 is 1.66 bits per heavy atom. The van der Waals surface area contributed by atoms with Crippen LogP contribution >= 0.6 is 0 Å². The van der Waals surface area contributed by atoms with Crippen LogP contribution in [0.5, 0.6) is 17.2 Å². The van der Waals surface area contributed by atoms with E-state index in [2.05, 4.69) is 16.0 Å². The van der Waals surface area contributed by atoms with Gasteiger partial charge in [-0.25, -0.2) is 9.18 Å². The zero-order chi connectivity index (χ0) is 48.8. The molecular formula is C47H62FN5O12. The Labute approximate surface area is 379 Å². The maximum atomic E-state index is 14.9. The number of likely N-dealkylation sites (N-methyl/N-ethyl adjacent to an activating group) is 2. The minimum absolute atomic E-state index is 0.0282. The molecule has 0 aliphatic heterocycles. The number of ether oxygens (including phenoxy) is 4. The molecule has 354 valence electrons. The van der Waals surface area contributed by atoms with Crippen molar-refractivity contribution in [2.45, 2.75) is 103 Å². The van der Waals surface area contributed by atoms with Crippen LogP contribution in [0.15, 0.2) is 66.7 Å². The molecule has 3 aromatic rings. The number of Topliss-reactive ketones (excluding diaryl/α,β-unsaturated/α-hetero) is 1. The van der Waals surface area contributed by atoms with Crippen LogP contribution < -0.4 is 30.2 Å². The summed E-state index contributed by atoms with van der Waals surface area (Å²) in [5.74, 6) is -5.85. The number of aliphatic carboxylic acids is 1. The SMILES string of the molecule is COc1ccc(C[C@@H](C(=O)N[C@@H](C)C(=O)N(C)[C@@H](Cc2ccccc2)C(=O)C[C@@H](Cc2ccc(OC)c(OC)c2)C(=O)O)N(C)C(=O)[C@H](C)NC(=O)[C@@H](C)NC(=O)OC(C)(C)C)cc1F. The summed E-state index contributed by atoms with van der Waals surface area (Å²) in [5, 5.41) is 17.8. The van der Waals surface area contributed by atoms with E-state index in [4.69, 9.17) is 18.9 Å². The fraction of sp³-hybridized carbons (Fsp3) is 0.468. The summed E-state index contributed by atoms with van der Waals surface area (Å²) in [4.78, 5) is 96.5. The molecule has 0 saturated heterocycles. The lowest BCUT2D eigenvalue weighted by Crippen LogP contribution is -2.58. The fourth-order valence-electron chi connectivity index (χ4n) is 6.93. The molecule has 0 radical (unpaired) electrons. The summed E-state index contributed by atoms with van der Waals surface area (Å²) in [5.41, 5.74) is 0.742. The lowest BCUT2D eigenvalue weighted by Gasteiger charge is -2.33. The van der Waals surface area contributed by atoms with Crippen LogP contribution in [-0.4, -0.2) is 128 Å². The molecule has 0 aliphatic carbocycles. The second-order valence-corrected chi connectivity index (χ2v) is 16.7. The van der Waals surface area contributed by atoms with Crippen LogP contribution in [0.25, 0.3) is 0 Å². The Hall–Kier alpha value is -6.72. The topological polar surface area (TPSA) is 219 Å². The average Bonchev–Trinajstić information content (AvgIpc) is 3.25. The molecule has 17 nitrogen and oxygen atoms in total. The molecule has 5 amide bonds. The van der Waals surface area contributed by atoms with E-state index in [1.54, 1.807) is 69.3 Å². The van der Waals surface area contributed by atoms with Crippen LogP contribution in [0.3, 0.4) is 0 Å². The summed E-state index contributed by atoms with van der Waals surface area (Å²) in [7, 11) is 6.91. The van der Waals surface area contributed by atoms with Gasteiger partial charge < -0.3 is 49.8 Å².